The highest BCUT2D eigenvalue weighted by Gasteiger charge is 2.15. The van der Waals surface area contributed by atoms with Crippen LogP contribution in [0.5, 0.6) is 0 Å². The van der Waals surface area contributed by atoms with E-state index in [4.69, 9.17) is 4.42 Å². The minimum absolute atomic E-state index is 0.0565. The number of nitrogens with one attached hydrogen (secondary N) is 1. The van der Waals surface area contributed by atoms with Crippen LogP contribution in [0.4, 0.5) is 11.4 Å². The summed E-state index contributed by atoms with van der Waals surface area (Å²) in [6.45, 7) is 2.37. The minimum atomic E-state index is -0.393. The van der Waals surface area contributed by atoms with E-state index in [2.05, 4.69) is 10.3 Å². The molecule has 1 N–H and O–H groups in total. The molecule has 0 aliphatic carbocycles. The van der Waals surface area contributed by atoms with Crippen LogP contribution in [-0.4, -0.2) is 9.91 Å². The van der Waals surface area contributed by atoms with Gasteiger partial charge in [0.05, 0.1) is 23.1 Å². The number of nitro groups is 1. The summed E-state index contributed by atoms with van der Waals surface area (Å²) in [5.74, 6) is 0.798. The van der Waals surface area contributed by atoms with E-state index in [1.165, 1.54) is 6.07 Å². The summed E-state index contributed by atoms with van der Waals surface area (Å²) in [6, 6.07) is 8.73. The number of fused-ring (bicyclic) bond motifs is 1. The van der Waals surface area contributed by atoms with E-state index < -0.39 is 4.92 Å². The summed E-state index contributed by atoms with van der Waals surface area (Å²) in [5.41, 5.74) is 1.68. The molecule has 0 saturated carbocycles. The van der Waals surface area contributed by atoms with Crippen molar-refractivity contribution in [1.29, 1.82) is 0 Å². The molecule has 0 unspecified atom stereocenters. The van der Waals surface area contributed by atoms with Gasteiger partial charge in [0.1, 0.15) is 5.76 Å². The van der Waals surface area contributed by atoms with Crippen LogP contribution in [0, 0.1) is 17.0 Å². The molecule has 0 aliphatic heterocycles. The standard InChI is InChI=1S/C15H13N3O3/c1-10-7-12-13(9-16-10)15(18(19)20)5-4-14(12)17-8-11-3-2-6-21-11/h2-7,9,17H,8H2,1H3. The molecule has 0 aliphatic rings. The molecule has 3 aromatic rings. The van der Waals surface area contributed by atoms with Gasteiger partial charge in [0.2, 0.25) is 0 Å². The van der Waals surface area contributed by atoms with Crippen LogP contribution in [0.25, 0.3) is 10.8 Å². The van der Waals surface area contributed by atoms with Gasteiger partial charge in [-0.3, -0.25) is 15.1 Å². The molecule has 0 amide bonds. The van der Waals surface area contributed by atoms with Crippen LogP contribution in [0.3, 0.4) is 0 Å². The first-order valence-corrected chi connectivity index (χ1v) is 6.45. The number of pyridine rings is 1. The van der Waals surface area contributed by atoms with Gasteiger partial charge in [-0.1, -0.05) is 0 Å². The highest BCUT2D eigenvalue weighted by molar-refractivity contribution is 5.99. The van der Waals surface area contributed by atoms with Gasteiger partial charge in [0.25, 0.3) is 5.69 Å². The number of benzene rings is 1. The van der Waals surface area contributed by atoms with E-state index in [0.717, 1.165) is 22.5 Å². The first kappa shape index (κ1) is 13.1. The fourth-order valence-electron chi connectivity index (χ4n) is 2.24. The molecular formula is C15H13N3O3. The molecule has 106 valence electrons. The van der Waals surface area contributed by atoms with Crippen LogP contribution >= 0.6 is 0 Å². The summed E-state index contributed by atoms with van der Waals surface area (Å²) in [6.07, 6.45) is 3.15. The second kappa shape index (κ2) is 5.24. The highest BCUT2D eigenvalue weighted by atomic mass is 16.6. The number of anilines is 1. The molecule has 0 atom stereocenters. The smallest absolute Gasteiger partial charge is 0.278 e. The zero-order valence-corrected chi connectivity index (χ0v) is 11.4. The van der Waals surface area contributed by atoms with Crippen molar-refractivity contribution < 1.29 is 9.34 Å². The Balaban J connectivity index is 2.04. The average Bonchev–Trinajstić information content (AvgIpc) is 2.97. The third-order valence-electron chi connectivity index (χ3n) is 3.24. The van der Waals surface area contributed by atoms with Gasteiger partial charge in [0, 0.05) is 29.0 Å². The van der Waals surface area contributed by atoms with Crippen molar-refractivity contribution >= 4 is 22.1 Å². The van der Waals surface area contributed by atoms with E-state index >= 15 is 0 Å². The van der Waals surface area contributed by atoms with E-state index in [1.54, 1.807) is 18.5 Å². The molecular weight excluding hydrogens is 270 g/mol. The summed E-state index contributed by atoms with van der Waals surface area (Å²) < 4.78 is 5.27. The van der Waals surface area contributed by atoms with Crippen LogP contribution in [0.2, 0.25) is 0 Å². The van der Waals surface area contributed by atoms with Crippen molar-refractivity contribution in [2.45, 2.75) is 13.5 Å². The maximum absolute atomic E-state index is 11.1. The Hall–Kier alpha value is -2.89. The Labute approximate surface area is 120 Å². The predicted octanol–water partition coefficient (Wildman–Crippen LogP) is 3.66. The SMILES string of the molecule is Cc1cc2c(NCc3ccco3)ccc([N+](=O)[O-])c2cn1. The van der Waals surface area contributed by atoms with E-state index in [-0.39, 0.29) is 5.69 Å². The van der Waals surface area contributed by atoms with Gasteiger partial charge in [-0.25, -0.2) is 0 Å². The van der Waals surface area contributed by atoms with E-state index in [1.807, 2.05) is 25.1 Å². The third-order valence-corrected chi connectivity index (χ3v) is 3.24. The second-order valence-corrected chi connectivity index (χ2v) is 4.69. The quantitative estimate of drug-likeness (QED) is 0.583. The van der Waals surface area contributed by atoms with Crippen molar-refractivity contribution in [3.8, 4) is 0 Å². The van der Waals surface area contributed by atoms with Crippen molar-refractivity contribution in [3.63, 3.8) is 0 Å². The molecule has 0 radical (unpaired) electrons. The van der Waals surface area contributed by atoms with E-state index in [0.29, 0.717) is 11.9 Å². The Kier molecular flexibility index (Phi) is 3.27. The number of aryl methyl sites for hydroxylation is 1. The van der Waals surface area contributed by atoms with Gasteiger partial charge in [-0.05, 0) is 31.2 Å². The largest absolute Gasteiger partial charge is 0.467 e. The number of furan rings is 1. The zero-order valence-electron chi connectivity index (χ0n) is 11.4. The lowest BCUT2D eigenvalue weighted by molar-refractivity contribution is -0.383. The van der Waals surface area contributed by atoms with E-state index in [9.17, 15) is 10.1 Å². The molecule has 0 bridgehead atoms. The maximum Gasteiger partial charge on any atom is 0.278 e. The summed E-state index contributed by atoms with van der Waals surface area (Å²) in [4.78, 5) is 14.9. The molecule has 6 heteroatoms. The molecule has 2 aromatic heterocycles. The Morgan fingerprint density at radius 3 is 2.90 bits per heavy atom. The minimum Gasteiger partial charge on any atom is -0.467 e. The lowest BCUT2D eigenvalue weighted by Gasteiger charge is -2.09. The topological polar surface area (TPSA) is 81.2 Å². The van der Waals surface area contributed by atoms with Crippen molar-refractivity contribution in [2.75, 3.05) is 5.32 Å². The molecule has 6 nitrogen and oxygen atoms in total. The van der Waals surface area contributed by atoms with Gasteiger partial charge in [0.15, 0.2) is 0 Å². The zero-order chi connectivity index (χ0) is 14.8. The Bertz CT molecular complexity index is 797. The third kappa shape index (κ3) is 2.55. The molecule has 0 saturated heterocycles. The fraction of sp³-hybridized carbons (Fsp3) is 0.133. The number of non-ortho nitro benzene ring substituents is 1. The van der Waals surface area contributed by atoms with Gasteiger partial charge in [-0.2, -0.15) is 0 Å². The highest BCUT2D eigenvalue weighted by Crippen LogP contribution is 2.31. The van der Waals surface area contributed by atoms with Crippen LogP contribution in [0.1, 0.15) is 11.5 Å². The average molecular weight is 283 g/mol. The number of nitro benzene ring substituents is 1. The number of aromatic nitrogens is 1. The molecule has 2 heterocycles. The lowest BCUT2D eigenvalue weighted by atomic mass is 10.1. The molecule has 1 aromatic carbocycles. The normalized spacial score (nSPS) is 10.7. The van der Waals surface area contributed by atoms with Crippen LogP contribution < -0.4 is 5.32 Å². The number of nitrogens with zero attached hydrogens (tertiary/aromatic N) is 2. The van der Waals surface area contributed by atoms with Crippen molar-refractivity contribution in [2.24, 2.45) is 0 Å². The number of hydrogen-bond acceptors (Lipinski definition) is 5. The molecule has 0 spiro atoms. The Morgan fingerprint density at radius 1 is 1.33 bits per heavy atom. The monoisotopic (exact) mass is 283 g/mol. The number of hydrogen-bond donors (Lipinski definition) is 1. The van der Waals surface area contributed by atoms with Gasteiger partial charge >= 0.3 is 0 Å². The van der Waals surface area contributed by atoms with Crippen LogP contribution in [-0.2, 0) is 6.54 Å². The Morgan fingerprint density at radius 2 is 2.19 bits per heavy atom. The van der Waals surface area contributed by atoms with Crippen molar-refractivity contribution in [3.05, 3.63) is 64.4 Å². The first-order chi connectivity index (χ1) is 10.1. The molecule has 3 rings (SSSR count). The maximum atomic E-state index is 11.1. The van der Waals surface area contributed by atoms with Crippen LogP contribution in [0.15, 0.2) is 47.2 Å². The van der Waals surface area contributed by atoms with Gasteiger partial charge < -0.3 is 9.73 Å². The summed E-state index contributed by atoms with van der Waals surface area (Å²) in [7, 11) is 0. The molecule has 21 heavy (non-hydrogen) atoms. The fourth-order valence-corrected chi connectivity index (χ4v) is 2.24. The second-order valence-electron chi connectivity index (χ2n) is 4.69. The predicted molar refractivity (Wildman–Crippen MR) is 79.2 cm³/mol. The first-order valence-electron chi connectivity index (χ1n) is 6.45. The van der Waals surface area contributed by atoms with Gasteiger partial charge in [-0.15, -0.1) is 0 Å². The summed E-state index contributed by atoms with van der Waals surface area (Å²) >= 11 is 0. The molecule has 0 fully saturated rings. The summed E-state index contributed by atoms with van der Waals surface area (Å²) in [5, 5.41) is 15.6. The lowest BCUT2D eigenvalue weighted by Crippen LogP contribution is -2.00. The van der Waals surface area contributed by atoms with Crippen molar-refractivity contribution in [1.82, 2.24) is 4.98 Å². The number of rotatable bonds is 4.